The minimum atomic E-state index is -7.11. The van der Waals surface area contributed by atoms with Crippen molar-refractivity contribution in [2.75, 3.05) is 0 Å². The summed E-state index contributed by atoms with van der Waals surface area (Å²) in [6.45, 7) is 0. The first kappa shape index (κ1) is 30.7. The van der Waals surface area contributed by atoms with E-state index >= 15 is 0 Å². The lowest BCUT2D eigenvalue weighted by Gasteiger charge is -2.31. The quantitative estimate of drug-likeness (QED) is 0.158. The third-order valence-corrected chi connectivity index (χ3v) is 2.14. The summed E-state index contributed by atoms with van der Waals surface area (Å²) in [5.74, 6) is 0. The molecule has 33 heavy (non-hydrogen) atoms. The third-order valence-electron chi connectivity index (χ3n) is 2.14. The molecule has 0 saturated heterocycles. The third kappa shape index (κ3) is 8.53. The van der Waals surface area contributed by atoms with Crippen molar-refractivity contribution < 1.29 is 103 Å². The Labute approximate surface area is 165 Å². The molecule has 0 aliphatic heterocycles. The standard InChI is InChI=1S/C10F18O5/c11-1(12)3(15)29-5(17,18)7(21,22)31-9(25,26)33-10(27,28)32-8(23,24)6(19,20)30-4(16)2(13)14. The molecule has 0 aromatic rings. The van der Waals surface area contributed by atoms with E-state index in [1.54, 1.807) is 14.2 Å². The first-order valence-corrected chi connectivity index (χ1v) is 6.44. The van der Waals surface area contributed by atoms with Gasteiger partial charge in [-0.15, -0.1) is 17.6 Å². The van der Waals surface area contributed by atoms with Gasteiger partial charge in [-0.2, -0.15) is 61.5 Å². The van der Waals surface area contributed by atoms with Crippen LogP contribution in [0.25, 0.3) is 0 Å². The van der Waals surface area contributed by atoms with E-state index in [0.717, 1.165) is 0 Å². The van der Waals surface area contributed by atoms with Gasteiger partial charge in [0.1, 0.15) is 0 Å². The van der Waals surface area contributed by atoms with Crippen LogP contribution in [0.1, 0.15) is 0 Å². The minimum Gasteiger partial charge on any atom is -0.396 e. The SMILES string of the molecule is FC(F)=C(F)OC(F)(F)C(F)(F)OC(F)(F)OC(F)(F)OC(F)(F)C(F)(F)OC(F)=C(F)F. The zero-order valence-electron chi connectivity index (χ0n) is 13.8. The maximum atomic E-state index is 12.9. The van der Waals surface area contributed by atoms with E-state index in [4.69, 9.17) is 0 Å². The predicted molar refractivity (Wildman–Crippen MR) is 55.8 cm³/mol. The fourth-order valence-corrected chi connectivity index (χ4v) is 1.02. The van der Waals surface area contributed by atoms with Crippen LogP contribution in [-0.4, -0.2) is 37.0 Å². The van der Waals surface area contributed by atoms with Crippen LogP contribution in [0.4, 0.5) is 79.0 Å². The second kappa shape index (κ2) is 9.52. The van der Waals surface area contributed by atoms with Gasteiger partial charge in [-0.25, -0.2) is 14.2 Å². The summed E-state index contributed by atoms with van der Waals surface area (Å²) in [5, 5.41) is 0. The average molecular weight is 542 g/mol. The maximum Gasteiger partial charge on any atom is 0.497 e. The Balaban J connectivity index is 5.62. The first-order chi connectivity index (χ1) is 14.3. The van der Waals surface area contributed by atoms with Gasteiger partial charge in [0.15, 0.2) is 0 Å². The summed E-state index contributed by atoms with van der Waals surface area (Å²) in [4.78, 5) is 0. The van der Waals surface area contributed by atoms with Crippen molar-refractivity contribution in [1.29, 1.82) is 0 Å². The highest BCUT2D eigenvalue weighted by atomic mass is 19.4. The molecular weight excluding hydrogens is 542 g/mol. The summed E-state index contributed by atoms with van der Waals surface area (Å²) >= 11 is 0. The number of rotatable bonds is 12. The molecule has 0 N–H and O–H groups in total. The molecule has 0 amide bonds. The lowest BCUT2D eigenvalue weighted by atomic mass is 10.5. The van der Waals surface area contributed by atoms with Gasteiger partial charge in [0.05, 0.1) is 0 Å². The zero-order valence-corrected chi connectivity index (χ0v) is 13.8. The molecule has 0 aromatic carbocycles. The van der Waals surface area contributed by atoms with Crippen molar-refractivity contribution in [2.24, 2.45) is 0 Å². The van der Waals surface area contributed by atoms with Crippen LogP contribution in [0.3, 0.4) is 0 Å². The van der Waals surface area contributed by atoms with Gasteiger partial charge in [0.2, 0.25) is 0 Å². The molecule has 0 heterocycles. The second-order valence-corrected chi connectivity index (χ2v) is 4.57. The Hall–Kier alpha value is -2.30. The molecule has 0 rings (SSSR count). The van der Waals surface area contributed by atoms with E-state index in [-0.39, 0.29) is 0 Å². The van der Waals surface area contributed by atoms with Crippen LogP contribution < -0.4 is 0 Å². The first-order valence-electron chi connectivity index (χ1n) is 6.44. The zero-order chi connectivity index (χ0) is 26.8. The van der Waals surface area contributed by atoms with Gasteiger partial charge >= 0.3 is 61.2 Å². The Bertz CT molecular complexity index is 690. The van der Waals surface area contributed by atoms with Gasteiger partial charge in [-0.3, -0.25) is 0 Å². The number of halogens is 18. The van der Waals surface area contributed by atoms with Gasteiger partial charge in [-0.05, 0) is 0 Å². The maximum absolute atomic E-state index is 12.9. The molecule has 0 fully saturated rings. The van der Waals surface area contributed by atoms with Gasteiger partial charge < -0.3 is 9.47 Å². The summed E-state index contributed by atoms with van der Waals surface area (Å²) in [5.41, 5.74) is 0. The molecule has 5 nitrogen and oxygen atoms in total. The lowest BCUT2D eigenvalue weighted by molar-refractivity contribution is -0.603. The van der Waals surface area contributed by atoms with E-state index in [9.17, 15) is 79.0 Å². The van der Waals surface area contributed by atoms with Crippen LogP contribution in [0.2, 0.25) is 0 Å². The summed E-state index contributed by atoms with van der Waals surface area (Å²) in [6.07, 6.45) is -49.7. The summed E-state index contributed by atoms with van der Waals surface area (Å²) in [6, 6.07) is -7.65. The van der Waals surface area contributed by atoms with Crippen LogP contribution >= 0.6 is 0 Å². The Morgan fingerprint density at radius 2 is 0.606 bits per heavy atom. The summed E-state index contributed by atoms with van der Waals surface area (Å²) in [7, 11) is 0. The Morgan fingerprint density at radius 1 is 0.364 bits per heavy atom. The minimum absolute atomic E-state index is 1.61. The Kier molecular flexibility index (Phi) is 8.85. The topological polar surface area (TPSA) is 46.2 Å². The Morgan fingerprint density at radius 3 is 0.818 bits per heavy atom. The van der Waals surface area contributed by atoms with Crippen LogP contribution in [0.15, 0.2) is 24.2 Å². The molecule has 23 heteroatoms. The van der Waals surface area contributed by atoms with Gasteiger partial charge in [0.25, 0.3) is 0 Å². The second-order valence-electron chi connectivity index (χ2n) is 4.57. The van der Waals surface area contributed by atoms with Crippen LogP contribution in [0, 0.1) is 0 Å². The van der Waals surface area contributed by atoms with E-state index < -0.39 is 61.2 Å². The van der Waals surface area contributed by atoms with Crippen molar-refractivity contribution in [3.05, 3.63) is 24.2 Å². The van der Waals surface area contributed by atoms with E-state index in [1.165, 1.54) is 0 Å². The lowest BCUT2D eigenvalue weighted by Crippen LogP contribution is -2.53. The molecule has 0 spiro atoms. The number of hydrogen-bond acceptors (Lipinski definition) is 5. The molecule has 0 unspecified atom stereocenters. The fourth-order valence-electron chi connectivity index (χ4n) is 1.02. The molecular formula is C10F18O5. The largest absolute Gasteiger partial charge is 0.497 e. The molecule has 0 aliphatic carbocycles. The number of ether oxygens (including phenoxy) is 5. The number of hydrogen-bond donors (Lipinski definition) is 0. The molecule has 0 radical (unpaired) electrons. The molecule has 0 bridgehead atoms. The van der Waals surface area contributed by atoms with Crippen molar-refractivity contribution in [1.82, 2.24) is 0 Å². The molecule has 196 valence electrons. The summed E-state index contributed by atoms with van der Waals surface area (Å²) < 4.78 is 233. The molecule has 0 saturated carbocycles. The van der Waals surface area contributed by atoms with Gasteiger partial charge in [-0.1, -0.05) is 0 Å². The smallest absolute Gasteiger partial charge is 0.396 e. The predicted octanol–water partition coefficient (Wildman–Crippen LogP) is 6.61. The highest BCUT2D eigenvalue weighted by molar-refractivity contribution is 4.85. The fraction of sp³-hybridized carbons (Fsp3) is 0.600. The van der Waals surface area contributed by atoms with E-state index in [0.29, 0.717) is 0 Å². The number of alkyl halides is 12. The van der Waals surface area contributed by atoms with E-state index in [1.807, 2.05) is 9.47 Å². The molecule has 0 atom stereocenters. The van der Waals surface area contributed by atoms with Crippen LogP contribution in [-0.2, 0) is 23.7 Å². The normalized spacial score (nSPS) is 14.1. The highest BCUT2D eigenvalue weighted by Gasteiger charge is 2.71. The van der Waals surface area contributed by atoms with Crippen molar-refractivity contribution in [3.63, 3.8) is 0 Å². The van der Waals surface area contributed by atoms with E-state index in [2.05, 4.69) is 0 Å². The van der Waals surface area contributed by atoms with Crippen LogP contribution in [0.5, 0.6) is 0 Å². The highest BCUT2D eigenvalue weighted by Crippen LogP contribution is 2.46. The van der Waals surface area contributed by atoms with Crippen molar-refractivity contribution >= 4 is 0 Å². The monoisotopic (exact) mass is 542 g/mol. The average Bonchev–Trinajstić information content (AvgIpc) is 2.49. The molecule has 0 aliphatic rings. The molecule has 0 aromatic heterocycles. The van der Waals surface area contributed by atoms with Gasteiger partial charge in [0, 0.05) is 0 Å². The van der Waals surface area contributed by atoms with Crippen molar-refractivity contribution in [3.8, 4) is 0 Å². The van der Waals surface area contributed by atoms with Crippen molar-refractivity contribution in [2.45, 2.75) is 37.0 Å².